The number of amides is 3. The van der Waals surface area contributed by atoms with Gasteiger partial charge in [0.25, 0.3) is 0 Å². The minimum Gasteiger partial charge on any atom is -0.445 e. The summed E-state index contributed by atoms with van der Waals surface area (Å²) in [5.41, 5.74) is 6.89. The van der Waals surface area contributed by atoms with Crippen LogP contribution < -0.4 is 16.4 Å². The summed E-state index contributed by atoms with van der Waals surface area (Å²) in [5, 5.41) is 5.15. The van der Waals surface area contributed by atoms with Gasteiger partial charge in [0, 0.05) is 6.42 Å². The normalized spacial score (nSPS) is 12.6. The van der Waals surface area contributed by atoms with Crippen LogP contribution in [0.5, 0.6) is 0 Å². The van der Waals surface area contributed by atoms with Crippen molar-refractivity contribution in [3.8, 4) is 0 Å². The summed E-state index contributed by atoms with van der Waals surface area (Å²) in [7, 11) is 0. The van der Waals surface area contributed by atoms with Crippen LogP contribution in [-0.4, -0.2) is 30.0 Å². The Hall–Kier alpha value is -3.42. The number of carbonyl (C=O) groups is 3. The fraction of sp³-hybridized carbons (Fsp3) is 0.348. The monoisotopic (exact) mass is 429 g/mol. The highest BCUT2D eigenvalue weighted by molar-refractivity contribution is 5.90. The maximum absolute atomic E-state index is 13.1. The van der Waals surface area contributed by atoms with Gasteiger partial charge in [0.1, 0.15) is 24.5 Å². The van der Waals surface area contributed by atoms with E-state index in [2.05, 4.69) is 10.6 Å². The van der Waals surface area contributed by atoms with Crippen molar-refractivity contribution < 1.29 is 23.5 Å². The summed E-state index contributed by atoms with van der Waals surface area (Å²) in [4.78, 5) is 36.9. The summed E-state index contributed by atoms with van der Waals surface area (Å²) in [6.45, 7) is 3.87. The average molecular weight is 429 g/mol. The summed E-state index contributed by atoms with van der Waals surface area (Å²) in [6.07, 6.45) is -0.290. The minimum atomic E-state index is -1.00. The minimum absolute atomic E-state index is 0.0666. The molecule has 8 heteroatoms. The third-order valence-corrected chi connectivity index (χ3v) is 4.54. The molecule has 0 fully saturated rings. The number of ether oxygens (including phenoxy) is 1. The number of nitrogens with two attached hydrogens (primary N) is 1. The van der Waals surface area contributed by atoms with Gasteiger partial charge in [-0.25, -0.2) is 9.18 Å². The molecule has 0 bridgehead atoms. The smallest absolute Gasteiger partial charge is 0.408 e. The van der Waals surface area contributed by atoms with E-state index in [1.54, 1.807) is 0 Å². The van der Waals surface area contributed by atoms with Gasteiger partial charge < -0.3 is 21.1 Å². The Bertz CT molecular complexity index is 872. The average Bonchev–Trinajstić information content (AvgIpc) is 2.73. The molecule has 31 heavy (non-hydrogen) atoms. The van der Waals surface area contributed by atoms with Crippen LogP contribution in [0.1, 0.15) is 31.4 Å². The van der Waals surface area contributed by atoms with Gasteiger partial charge in [-0.05, 0) is 35.6 Å². The highest BCUT2D eigenvalue weighted by atomic mass is 19.1. The predicted molar refractivity (Wildman–Crippen MR) is 114 cm³/mol. The molecule has 0 aliphatic carbocycles. The van der Waals surface area contributed by atoms with Crippen LogP contribution >= 0.6 is 0 Å². The summed E-state index contributed by atoms with van der Waals surface area (Å²) in [5.74, 6) is -1.59. The molecular weight excluding hydrogens is 401 g/mol. The summed E-state index contributed by atoms with van der Waals surface area (Å²) < 4.78 is 18.3. The number of benzene rings is 2. The van der Waals surface area contributed by atoms with E-state index in [9.17, 15) is 18.8 Å². The topological polar surface area (TPSA) is 111 Å². The van der Waals surface area contributed by atoms with Gasteiger partial charge >= 0.3 is 6.09 Å². The second-order valence-electron chi connectivity index (χ2n) is 7.68. The number of hydrogen-bond acceptors (Lipinski definition) is 4. The van der Waals surface area contributed by atoms with Crippen molar-refractivity contribution in [3.05, 3.63) is 71.5 Å². The molecule has 2 aromatic carbocycles. The predicted octanol–water partition coefficient (Wildman–Crippen LogP) is 2.68. The van der Waals surface area contributed by atoms with E-state index in [0.29, 0.717) is 12.0 Å². The lowest BCUT2D eigenvalue weighted by Crippen LogP contribution is -2.54. The zero-order chi connectivity index (χ0) is 22.8. The van der Waals surface area contributed by atoms with Crippen LogP contribution in [-0.2, 0) is 27.4 Å². The fourth-order valence-electron chi connectivity index (χ4n) is 2.96. The highest BCUT2D eigenvalue weighted by Gasteiger charge is 2.27. The number of carbonyl (C=O) groups excluding carboxylic acids is 3. The Labute approximate surface area is 181 Å². The van der Waals surface area contributed by atoms with Crippen LogP contribution in [0.15, 0.2) is 54.6 Å². The molecule has 0 saturated heterocycles. The van der Waals surface area contributed by atoms with Crippen molar-refractivity contribution >= 4 is 17.9 Å². The molecule has 3 amide bonds. The molecule has 166 valence electrons. The van der Waals surface area contributed by atoms with E-state index in [0.717, 1.165) is 5.56 Å². The van der Waals surface area contributed by atoms with E-state index in [4.69, 9.17) is 10.5 Å². The molecule has 7 nitrogen and oxygen atoms in total. The van der Waals surface area contributed by atoms with E-state index in [1.165, 1.54) is 24.3 Å². The number of rotatable bonds is 10. The Morgan fingerprint density at radius 3 is 2.16 bits per heavy atom. The molecule has 0 spiro atoms. The van der Waals surface area contributed by atoms with Crippen molar-refractivity contribution in [1.29, 1.82) is 0 Å². The maximum Gasteiger partial charge on any atom is 0.408 e. The molecule has 2 aromatic rings. The largest absolute Gasteiger partial charge is 0.445 e. The second-order valence-corrected chi connectivity index (χ2v) is 7.68. The first-order chi connectivity index (χ1) is 14.7. The Kier molecular flexibility index (Phi) is 8.99. The van der Waals surface area contributed by atoms with Crippen molar-refractivity contribution in [2.24, 2.45) is 11.7 Å². The standard InChI is InChI=1S/C23H28FN3O4/c1-15(2)12-20(27-23(30)31-14-17-6-4-3-5-7-17)22(29)26-19(21(25)28)13-16-8-10-18(24)11-9-16/h3-11,15,19-20H,12-14H2,1-2H3,(H2,25,28)(H,26,29)(H,27,30)/t19-,20+/m1/s1. The molecule has 0 saturated carbocycles. The van der Waals surface area contributed by atoms with Crippen molar-refractivity contribution in [1.82, 2.24) is 10.6 Å². The van der Waals surface area contributed by atoms with Crippen molar-refractivity contribution in [2.45, 2.75) is 45.4 Å². The third-order valence-electron chi connectivity index (χ3n) is 4.54. The van der Waals surface area contributed by atoms with Gasteiger partial charge in [-0.15, -0.1) is 0 Å². The molecule has 2 rings (SSSR count). The lowest BCUT2D eigenvalue weighted by atomic mass is 10.0. The van der Waals surface area contributed by atoms with Crippen LogP contribution in [0.25, 0.3) is 0 Å². The number of hydrogen-bond donors (Lipinski definition) is 3. The van der Waals surface area contributed by atoms with Gasteiger partial charge in [0.05, 0.1) is 0 Å². The number of nitrogens with one attached hydrogen (secondary N) is 2. The van der Waals surface area contributed by atoms with E-state index in [-0.39, 0.29) is 18.9 Å². The zero-order valence-electron chi connectivity index (χ0n) is 17.6. The van der Waals surface area contributed by atoms with Gasteiger partial charge in [-0.3, -0.25) is 9.59 Å². The third kappa shape index (κ3) is 8.46. The van der Waals surface area contributed by atoms with Crippen LogP contribution in [0.4, 0.5) is 9.18 Å². The molecule has 0 unspecified atom stereocenters. The van der Waals surface area contributed by atoms with E-state index >= 15 is 0 Å². The van der Waals surface area contributed by atoms with E-state index in [1.807, 2.05) is 44.2 Å². The molecule has 0 heterocycles. The molecule has 0 aliphatic rings. The molecular formula is C23H28FN3O4. The zero-order valence-corrected chi connectivity index (χ0v) is 17.6. The quantitative estimate of drug-likeness (QED) is 0.539. The summed E-state index contributed by atoms with van der Waals surface area (Å²) in [6, 6.07) is 12.8. The van der Waals surface area contributed by atoms with Crippen LogP contribution in [0, 0.1) is 11.7 Å². The van der Waals surface area contributed by atoms with Gasteiger partial charge in [-0.2, -0.15) is 0 Å². The highest BCUT2D eigenvalue weighted by Crippen LogP contribution is 2.09. The van der Waals surface area contributed by atoms with Gasteiger partial charge in [-0.1, -0.05) is 56.3 Å². The second kappa shape index (κ2) is 11.7. The SMILES string of the molecule is CC(C)C[C@H](NC(=O)OCc1ccccc1)C(=O)N[C@H](Cc1ccc(F)cc1)C(N)=O. The van der Waals surface area contributed by atoms with E-state index < -0.39 is 35.8 Å². The fourth-order valence-corrected chi connectivity index (χ4v) is 2.96. The first kappa shape index (κ1) is 23.9. The Morgan fingerprint density at radius 2 is 1.58 bits per heavy atom. The van der Waals surface area contributed by atoms with Crippen LogP contribution in [0.2, 0.25) is 0 Å². The van der Waals surface area contributed by atoms with Crippen LogP contribution in [0.3, 0.4) is 0 Å². The van der Waals surface area contributed by atoms with Crippen molar-refractivity contribution in [3.63, 3.8) is 0 Å². The Balaban J connectivity index is 1.99. The number of primary amides is 1. The first-order valence-corrected chi connectivity index (χ1v) is 10.1. The Morgan fingerprint density at radius 1 is 0.935 bits per heavy atom. The lowest BCUT2D eigenvalue weighted by Gasteiger charge is -2.23. The molecule has 2 atom stereocenters. The van der Waals surface area contributed by atoms with Gasteiger partial charge in [0.15, 0.2) is 0 Å². The molecule has 0 radical (unpaired) electrons. The first-order valence-electron chi connectivity index (χ1n) is 10.1. The van der Waals surface area contributed by atoms with Gasteiger partial charge in [0.2, 0.25) is 11.8 Å². The number of alkyl carbamates (subject to hydrolysis) is 1. The molecule has 0 aliphatic heterocycles. The lowest BCUT2D eigenvalue weighted by molar-refractivity contribution is -0.128. The van der Waals surface area contributed by atoms with Crippen molar-refractivity contribution in [2.75, 3.05) is 0 Å². The molecule has 0 aromatic heterocycles. The molecule has 4 N–H and O–H groups in total. The maximum atomic E-state index is 13.1. The number of halogens is 1. The summed E-state index contributed by atoms with van der Waals surface area (Å²) >= 11 is 0.